The minimum Gasteiger partial charge on any atom is -0.468 e. The van der Waals surface area contributed by atoms with Crippen molar-refractivity contribution in [1.82, 2.24) is 10.2 Å². The van der Waals surface area contributed by atoms with Gasteiger partial charge < -0.3 is 9.73 Å². The monoisotopic (exact) mass is 248 g/mol. The lowest BCUT2D eigenvalue weighted by molar-refractivity contribution is 0.0544. The molecule has 2 saturated carbocycles. The first kappa shape index (κ1) is 12.2. The normalized spacial score (nSPS) is 27.4. The summed E-state index contributed by atoms with van der Waals surface area (Å²) in [6, 6.07) is 5.66. The molecule has 2 aliphatic rings. The molecule has 0 bridgehead atoms. The topological polar surface area (TPSA) is 28.4 Å². The van der Waals surface area contributed by atoms with Crippen molar-refractivity contribution in [2.75, 3.05) is 13.1 Å². The zero-order valence-corrected chi connectivity index (χ0v) is 11.3. The van der Waals surface area contributed by atoms with Gasteiger partial charge in [-0.25, -0.2) is 0 Å². The number of hydrogen-bond acceptors (Lipinski definition) is 3. The smallest absolute Gasteiger partial charge is 0.117 e. The fourth-order valence-electron chi connectivity index (χ4n) is 2.94. The molecule has 18 heavy (non-hydrogen) atoms. The van der Waals surface area contributed by atoms with Crippen molar-refractivity contribution in [2.24, 2.45) is 5.92 Å². The van der Waals surface area contributed by atoms with E-state index in [-0.39, 0.29) is 0 Å². The van der Waals surface area contributed by atoms with E-state index in [0.717, 1.165) is 36.9 Å². The van der Waals surface area contributed by atoms with E-state index in [0.29, 0.717) is 0 Å². The summed E-state index contributed by atoms with van der Waals surface area (Å²) < 4.78 is 5.47. The zero-order valence-electron chi connectivity index (χ0n) is 11.3. The van der Waals surface area contributed by atoms with Gasteiger partial charge in [-0.2, -0.15) is 0 Å². The number of nitrogens with one attached hydrogen (secondary N) is 1. The average molecular weight is 248 g/mol. The summed E-state index contributed by atoms with van der Waals surface area (Å²) in [5.74, 6) is 1.94. The Morgan fingerprint density at radius 3 is 2.78 bits per heavy atom. The van der Waals surface area contributed by atoms with Crippen LogP contribution in [0.25, 0.3) is 0 Å². The van der Waals surface area contributed by atoms with Crippen LogP contribution in [0.3, 0.4) is 0 Å². The molecule has 0 saturated heterocycles. The molecule has 0 spiro atoms. The molecule has 2 unspecified atom stereocenters. The lowest BCUT2D eigenvalue weighted by Crippen LogP contribution is -2.50. The van der Waals surface area contributed by atoms with Gasteiger partial charge in [-0.15, -0.1) is 0 Å². The predicted molar refractivity (Wildman–Crippen MR) is 72.3 cm³/mol. The second kappa shape index (κ2) is 5.45. The molecule has 0 amide bonds. The number of nitrogens with zero attached hydrogens (tertiary/aromatic N) is 1. The molecular weight excluding hydrogens is 224 g/mol. The first-order valence-electron chi connectivity index (χ1n) is 7.36. The van der Waals surface area contributed by atoms with E-state index in [2.05, 4.69) is 23.2 Å². The summed E-state index contributed by atoms with van der Waals surface area (Å²) in [6.45, 7) is 5.55. The van der Waals surface area contributed by atoms with Gasteiger partial charge in [0.2, 0.25) is 0 Å². The summed E-state index contributed by atoms with van der Waals surface area (Å²) in [4.78, 5) is 2.57. The summed E-state index contributed by atoms with van der Waals surface area (Å²) in [6.07, 6.45) is 7.29. The van der Waals surface area contributed by atoms with Crippen molar-refractivity contribution < 1.29 is 4.42 Å². The van der Waals surface area contributed by atoms with Crippen molar-refractivity contribution in [3.63, 3.8) is 0 Å². The van der Waals surface area contributed by atoms with E-state index >= 15 is 0 Å². The van der Waals surface area contributed by atoms with E-state index in [1.807, 2.05) is 6.07 Å². The van der Waals surface area contributed by atoms with Crippen LogP contribution >= 0.6 is 0 Å². The zero-order chi connectivity index (χ0) is 12.4. The van der Waals surface area contributed by atoms with Crippen LogP contribution in [0.2, 0.25) is 0 Å². The molecule has 0 radical (unpaired) electrons. The molecule has 1 N–H and O–H groups in total. The predicted octanol–water partition coefficient (Wildman–Crippen LogP) is 2.63. The Bertz CT molecular complexity index is 359. The van der Waals surface area contributed by atoms with E-state index in [1.165, 1.54) is 32.2 Å². The Balaban J connectivity index is 1.50. The Hall–Kier alpha value is -0.800. The van der Waals surface area contributed by atoms with E-state index in [1.54, 1.807) is 6.26 Å². The average Bonchev–Trinajstić information content (AvgIpc) is 3.02. The minimum atomic E-state index is 0.756. The summed E-state index contributed by atoms with van der Waals surface area (Å²) >= 11 is 0. The third kappa shape index (κ3) is 2.78. The van der Waals surface area contributed by atoms with Gasteiger partial charge >= 0.3 is 0 Å². The van der Waals surface area contributed by atoms with Crippen molar-refractivity contribution in [3.8, 4) is 0 Å². The molecule has 1 heterocycles. The summed E-state index contributed by atoms with van der Waals surface area (Å²) in [7, 11) is 0. The van der Waals surface area contributed by atoms with Gasteiger partial charge in [-0.1, -0.05) is 6.92 Å². The molecule has 0 aliphatic heterocycles. The SMILES string of the molecule is CCN(Cc1ccco1)C1CCC1CNC1CC1. The second-order valence-corrected chi connectivity index (χ2v) is 5.73. The molecule has 3 rings (SSSR count). The summed E-state index contributed by atoms with van der Waals surface area (Å²) in [5.41, 5.74) is 0. The number of hydrogen-bond donors (Lipinski definition) is 1. The van der Waals surface area contributed by atoms with Gasteiger partial charge in [0.25, 0.3) is 0 Å². The Morgan fingerprint density at radius 2 is 2.22 bits per heavy atom. The van der Waals surface area contributed by atoms with Gasteiger partial charge in [-0.05, 0) is 56.8 Å². The molecule has 2 atom stereocenters. The maximum Gasteiger partial charge on any atom is 0.117 e. The fraction of sp³-hybridized carbons (Fsp3) is 0.733. The molecule has 3 nitrogen and oxygen atoms in total. The molecule has 3 heteroatoms. The fourth-order valence-corrected chi connectivity index (χ4v) is 2.94. The molecule has 2 fully saturated rings. The van der Waals surface area contributed by atoms with Gasteiger partial charge in [0, 0.05) is 12.1 Å². The quantitative estimate of drug-likeness (QED) is 0.804. The van der Waals surface area contributed by atoms with Crippen molar-refractivity contribution in [3.05, 3.63) is 24.2 Å². The Labute approximate surface area is 110 Å². The molecule has 2 aliphatic carbocycles. The third-order valence-electron chi connectivity index (χ3n) is 4.44. The second-order valence-electron chi connectivity index (χ2n) is 5.73. The number of furan rings is 1. The highest BCUT2D eigenvalue weighted by Gasteiger charge is 2.35. The molecular formula is C15H24N2O. The lowest BCUT2D eigenvalue weighted by atomic mass is 9.78. The minimum absolute atomic E-state index is 0.756. The van der Waals surface area contributed by atoms with Crippen molar-refractivity contribution in [2.45, 2.75) is 51.2 Å². The van der Waals surface area contributed by atoms with Crippen LogP contribution in [-0.4, -0.2) is 30.1 Å². The van der Waals surface area contributed by atoms with Gasteiger partial charge in [0.15, 0.2) is 0 Å². The van der Waals surface area contributed by atoms with Crippen LogP contribution < -0.4 is 5.32 Å². The molecule has 1 aromatic heterocycles. The summed E-state index contributed by atoms with van der Waals surface area (Å²) in [5, 5.41) is 3.68. The maximum absolute atomic E-state index is 5.47. The van der Waals surface area contributed by atoms with Gasteiger partial charge in [0.05, 0.1) is 12.8 Å². The highest BCUT2D eigenvalue weighted by molar-refractivity contribution is 5.00. The Morgan fingerprint density at radius 1 is 1.33 bits per heavy atom. The van der Waals surface area contributed by atoms with Crippen LogP contribution in [-0.2, 0) is 6.54 Å². The standard InChI is InChI=1S/C15H24N2O/c1-2-17(11-14-4-3-9-18-14)15-8-5-12(15)10-16-13-6-7-13/h3-4,9,12-13,15-16H,2,5-8,10-11H2,1H3. The van der Waals surface area contributed by atoms with Crippen molar-refractivity contribution >= 4 is 0 Å². The van der Waals surface area contributed by atoms with Crippen molar-refractivity contribution in [1.29, 1.82) is 0 Å². The van der Waals surface area contributed by atoms with E-state index < -0.39 is 0 Å². The first-order chi connectivity index (χ1) is 8.86. The van der Waals surface area contributed by atoms with Gasteiger partial charge in [-0.3, -0.25) is 4.90 Å². The lowest BCUT2D eigenvalue weighted by Gasteiger charge is -2.44. The van der Waals surface area contributed by atoms with Crippen LogP contribution in [0.15, 0.2) is 22.8 Å². The molecule has 100 valence electrons. The number of rotatable bonds is 7. The van der Waals surface area contributed by atoms with Gasteiger partial charge in [0.1, 0.15) is 5.76 Å². The molecule has 1 aromatic rings. The van der Waals surface area contributed by atoms with Crippen LogP contribution in [0.1, 0.15) is 38.4 Å². The maximum atomic E-state index is 5.47. The Kier molecular flexibility index (Phi) is 3.71. The van der Waals surface area contributed by atoms with Crippen LogP contribution in [0, 0.1) is 5.92 Å². The largest absolute Gasteiger partial charge is 0.468 e. The van der Waals surface area contributed by atoms with Crippen LogP contribution in [0.4, 0.5) is 0 Å². The molecule has 0 aromatic carbocycles. The van der Waals surface area contributed by atoms with Crippen LogP contribution in [0.5, 0.6) is 0 Å². The highest BCUT2D eigenvalue weighted by atomic mass is 16.3. The first-order valence-corrected chi connectivity index (χ1v) is 7.36. The highest BCUT2D eigenvalue weighted by Crippen LogP contribution is 2.33. The van der Waals surface area contributed by atoms with E-state index in [9.17, 15) is 0 Å². The van der Waals surface area contributed by atoms with E-state index in [4.69, 9.17) is 4.42 Å². The third-order valence-corrected chi connectivity index (χ3v) is 4.44.